The molecule has 0 aliphatic carbocycles. The molecule has 2 aromatic carbocycles. The first-order valence-corrected chi connectivity index (χ1v) is 10.7. The Hall–Kier alpha value is -4.07. The number of rotatable bonds is 5. The van der Waals surface area contributed by atoms with Gasteiger partial charge in [-0.3, -0.25) is 4.79 Å². The molecule has 166 valence electrons. The van der Waals surface area contributed by atoms with Crippen LogP contribution in [0.25, 0.3) is 22.8 Å². The highest BCUT2D eigenvalue weighted by Crippen LogP contribution is 2.25. The van der Waals surface area contributed by atoms with E-state index in [-0.39, 0.29) is 11.6 Å². The van der Waals surface area contributed by atoms with Gasteiger partial charge in [0.2, 0.25) is 5.82 Å². The third-order valence-corrected chi connectivity index (χ3v) is 5.75. The smallest absolute Gasteiger partial charge is 0.259 e. The van der Waals surface area contributed by atoms with Crippen molar-refractivity contribution < 1.29 is 13.7 Å². The van der Waals surface area contributed by atoms with Gasteiger partial charge in [-0.2, -0.15) is 4.98 Å². The first kappa shape index (κ1) is 20.8. The first-order valence-electron chi connectivity index (χ1n) is 10.7. The Morgan fingerprint density at radius 1 is 0.939 bits per heavy atom. The minimum absolute atomic E-state index is 0.0756. The van der Waals surface area contributed by atoms with Gasteiger partial charge >= 0.3 is 0 Å². The molecule has 33 heavy (non-hydrogen) atoms. The summed E-state index contributed by atoms with van der Waals surface area (Å²) in [7, 11) is 0. The van der Waals surface area contributed by atoms with Crippen molar-refractivity contribution in [3.8, 4) is 22.8 Å². The number of hydrogen-bond donors (Lipinski definition) is 0. The number of pyridine rings is 1. The summed E-state index contributed by atoms with van der Waals surface area (Å²) in [6, 6.07) is 17.7. The lowest BCUT2D eigenvalue weighted by Gasteiger charge is -2.36. The van der Waals surface area contributed by atoms with Crippen LogP contribution in [0.2, 0.25) is 0 Å². The molecule has 1 fully saturated rings. The van der Waals surface area contributed by atoms with Crippen molar-refractivity contribution in [1.82, 2.24) is 15.1 Å². The Morgan fingerprint density at radius 3 is 2.36 bits per heavy atom. The fourth-order valence-electron chi connectivity index (χ4n) is 3.89. The molecule has 7 nitrogen and oxygen atoms in total. The number of hydrogen-bond acceptors (Lipinski definition) is 7. The van der Waals surface area contributed by atoms with Crippen LogP contribution in [0, 0.1) is 5.82 Å². The highest BCUT2D eigenvalue weighted by molar-refractivity contribution is 5.94. The van der Waals surface area contributed by atoms with E-state index in [1.807, 2.05) is 36.4 Å². The summed E-state index contributed by atoms with van der Waals surface area (Å²) in [6.07, 6.45) is 1.71. The SMILES string of the molecule is CC(=O)c1ccc(N2CCN(c3ccc(-c4nc(-c5cccc(F)c5)no4)cn3)CC2)cc1. The Balaban J connectivity index is 1.23. The number of halogens is 1. The number of piperazine rings is 1. The molecule has 0 saturated carbocycles. The molecule has 5 rings (SSSR count). The summed E-state index contributed by atoms with van der Waals surface area (Å²) in [5.74, 6) is 1.29. The molecule has 0 atom stereocenters. The van der Waals surface area contributed by atoms with Gasteiger partial charge in [0, 0.05) is 49.2 Å². The van der Waals surface area contributed by atoms with E-state index in [9.17, 15) is 9.18 Å². The van der Waals surface area contributed by atoms with E-state index in [1.54, 1.807) is 25.3 Å². The van der Waals surface area contributed by atoms with Crippen molar-refractivity contribution in [2.75, 3.05) is 36.0 Å². The zero-order chi connectivity index (χ0) is 22.8. The zero-order valence-electron chi connectivity index (χ0n) is 18.1. The van der Waals surface area contributed by atoms with Crippen LogP contribution >= 0.6 is 0 Å². The monoisotopic (exact) mass is 443 g/mol. The Morgan fingerprint density at radius 2 is 1.70 bits per heavy atom. The number of carbonyl (C=O) groups excluding carboxylic acids is 1. The molecule has 0 spiro atoms. The Kier molecular flexibility index (Phi) is 5.56. The van der Waals surface area contributed by atoms with Crippen molar-refractivity contribution in [1.29, 1.82) is 0 Å². The molecule has 1 aliphatic heterocycles. The Bertz CT molecular complexity index is 1260. The van der Waals surface area contributed by atoms with Gasteiger partial charge in [0.15, 0.2) is 5.78 Å². The maximum atomic E-state index is 13.5. The quantitative estimate of drug-likeness (QED) is 0.421. The topological polar surface area (TPSA) is 75.4 Å². The minimum Gasteiger partial charge on any atom is -0.368 e. The van der Waals surface area contributed by atoms with Crippen molar-refractivity contribution in [3.63, 3.8) is 0 Å². The van der Waals surface area contributed by atoms with Gasteiger partial charge in [0.05, 0.1) is 5.56 Å². The van der Waals surface area contributed by atoms with E-state index in [0.29, 0.717) is 22.8 Å². The summed E-state index contributed by atoms with van der Waals surface area (Å²) >= 11 is 0. The number of aromatic nitrogens is 3. The summed E-state index contributed by atoms with van der Waals surface area (Å²) in [6.45, 7) is 4.98. The largest absolute Gasteiger partial charge is 0.368 e. The van der Waals surface area contributed by atoms with Crippen molar-refractivity contribution in [2.24, 2.45) is 0 Å². The van der Waals surface area contributed by atoms with Crippen LogP contribution in [0.15, 0.2) is 71.4 Å². The molecule has 0 unspecified atom stereocenters. The number of nitrogens with zero attached hydrogens (tertiary/aromatic N) is 5. The maximum absolute atomic E-state index is 13.5. The third-order valence-electron chi connectivity index (χ3n) is 5.75. The first-order chi connectivity index (χ1) is 16.1. The molecular weight excluding hydrogens is 421 g/mol. The van der Waals surface area contributed by atoms with E-state index in [0.717, 1.165) is 43.2 Å². The summed E-state index contributed by atoms with van der Waals surface area (Å²) in [5.41, 5.74) is 3.11. The second-order valence-corrected chi connectivity index (χ2v) is 7.92. The predicted octanol–water partition coefficient (Wildman–Crippen LogP) is 4.47. The average molecular weight is 443 g/mol. The van der Waals surface area contributed by atoms with E-state index in [1.165, 1.54) is 12.1 Å². The van der Waals surface area contributed by atoms with Gasteiger partial charge in [-0.15, -0.1) is 0 Å². The zero-order valence-corrected chi connectivity index (χ0v) is 18.1. The molecule has 1 aliphatic rings. The van der Waals surface area contributed by atoms with E-state index < -0.39 is 0 Å². The number of ketones is 1. The minimum atomic E-state index is -0.349. The lowest BCUT2D eigenvalue weighted by Crippen LogP contribution is -2.46. The van der Waals surface area contributed by atoms with E-state index in [2.05, 4.69) is 24.9 Å². The van der Waals surface area contributed by atoms with Crippen LogP contribution in [0.5, 0.6) is 0 Å². The average Bonchev–Trinajstić information content (AvgIpc) is 3.35. The lowest BCUT2D eigenvalue weighted by molar-refractivity contribution is 0.101. The van der Waals surface area contributed by atoms with Crippen LogP contribution in [0.4, 0.5) is 15.9 Å². The van der Waals surface area contributed by atoms with Gasteiger partial charge in [-0.1, -0.05) is 17.3 Å². The second kappa shape index (κ2) is 8.82. The van der Waals surface area contributed by atoms with Crippen LogP contribution in [0.3, 0.4) is 0 Å². The van der Waals surface area contributed by atoms with Crippen LogP contribution in [-0.4, -0.2) is 47.1 Å². The van der Waals surface area contributed by atoms with Gasteiger partial charge < -0.3 is 14.3 Å². The molecular formula is C25H22FN5O2. The molecule has 1 saturated heterocycles. The molecule has 0 N–H and O–H groups in total. The lowest BCUT2D eigenvalue weighted by atomic mass is 10.1. The molecule has 0 bridgehead atoms. The highest BCUT2D eigenvalue weighted by atomic mass is 19.1. The number of Topliss-reactive ketones (excluding diaryl/α,β-unsaturated/α-hetero) is 1. The van der Waals surface area contributed by atoms with Gasteiger partial charge in [0.1, 0.15) is 11.6 Å². The third kappa shape index (κ3) is 4.45. The standard InChI is InChI=1S/C25H22FN5O2/c1-17(32)18-5-8-22(9-6-18)30-11-13-31(14-12-30)23-10-7-20(16-27-23)25-28-24(29-33-25)19-3-2-4-21(26)15-19/h2-10,15-16H,11-14H2,1H3. The molecule has 3 heterocycles. The molecule has 0 radical (unpaired) electrons. The fourth-order valence-corrected chi connectivity index (χ4v) is 3.89. The molecule has 2 aromatic heterocycles. The van der Waals surface area contributed by atoms with Gasteiger partial charge in [-0.25, -0.2) is 9.37 Å². The Labute approximate surface area is 190 Å². The summed E-state index contributed by atoms with van der Waals surface area (Å²) < 4.78 is 18.8. The van der Waals surface area contributed by atoms with Gasteiger partial charge in [0.25, 0.3) is 5.89 Å². The van der Waals surface area contributed by atoms with Gasteiger partial charge in [-0.05, 0) is 55.5 Å². The summed E-state index contributed by atoms with van der Waals surface area (Å²) in [4.78, 5) is 25.0. The normalized spacial score (nSPS) is 13.9. The molecule has 8 heteroatoms. The fraction of sp³-hybridized carbons (Fsp3) is 0.200. The second-order valence-electron chi connectivity index (χ2n) is 7.92. The van der Waals surface area contributed by atoms with Crippen molar-refractivity contribution in [3.05, 3.63) is 78.2 Å². The van der Waals surface area contributed by atoms with E-state index >= 15 is 0 Å². The van der Waals surface area contributed by atoms with Crippen LogP contribution in [-0.2, 0) is 0 Å². The maximum Gasteiger partial charge on any atom is 0.259 e. The predicted molar refractivity (Wildman–Crippen MR) is 124 cm³/mol. The van der Waals surface area contributed by atoms with E-state index in [4.69, 9.17) is 4.52 Å². The highest BCUT2D eigenvalue weighted by Gasteiger charge is 2.19. The number of anilines is 2. The molecule has 4 aromatic rings. The molecule has 0 amide bonds. The van der Waals surface area contributed by atoms with Crippen molar-refractivity contribution >= 4 is 17.3 Å². The van der Waals surface area contributed by atoms with Crippen LogP contribution in [0.1, 0.15) is 17.3 Å². The van der Waals surface area contributed by atoms with Crippen molar-refractivity contribution in [2.45, 2.75) is 6.92 Å². The number of carbonyl (C=O) groups is 1. The van der Waals surface area contributed by atoms with Crippen LogP contribution < -0.4 is 9.80 Å². The summed E-state index contributed by atoms with van der Waals surface area (Å²) in [5, 5.41) is 3.95. The number of benzene rings is 2.